The molecule has 3 heteroatoms. The molecule has 0 rings (SSSR count). The molecule has 0 bridgehead atoms. The number of hydrogen-bond donors (Lipinski definition) is 1. The number of ether oxygens (including phenoxy) is 1. The van der Waals surface area contributed by atoms with E-state index in [2.05, 4.69) is 12.6 Å². The largest absolute Gasteiger partial charge is 0.393 e. The van der Waals surface area contributed by atoms with Gasteiger partial charge in [-0.25, -0.2) is 0 Å². The van der Waals surface area contributed by atoms with Gasteiger partial charge in [-0.3, -0.25) is 0 Å². The van der Waals surface area contributed by atoms with Crippen LogP contribution in [0.4, 0.5) is 0 Å². The van der Waals surface area contributed by atoms with E-state index in [4.69, 9.17) is 10.00 Å². The van der Waals surface area contributed by atoms with Gasteiger partial charge in [0.05, 0.1) is 24.4 Å². The summed E-state index contributed by atoms with van der Waals surface area (Å²) >= 11 is 0. The summed E-state index contributed by atoms with van der Waals surface area (Å²) in [7, 11) is 0. The summed E-state index contributed by atoms with van der Waals surface area (Å²) in [5, 5.41) is 17.7. The van der Waals surface area contributed by atoms with Crippen molar-refractivity contribution in [3.05, 3.63) is 12.7 Å². The fraction of sp³-hybridized carbons (Fsp3) is 0.786. The Morgan fingerprint density at radius 2 is 2.12 bits per heavy atom. The zero-order chi connectivity index (χ0) is 13.1. The van der Waals surface area contributed by atoms with Crippen molar-refractivity contribution in [3.63, 3.8) is 0 Å². The lowest BCUT2D eigenvalue weighted by molar-refractivity contribution is -0.0266. The maximum Gasteiger partial charge on any atom is 0.0621 e. The second-order valence-electron chi connectivity index (χ2n) is 4.58. The van der Waals surface area contributed by atoms with Crippen molar-refractivity contribution in [1.29, 1.82) is 5.26 Å². The molecule has 0 aromatic rings. The van der Waals surface area contributed by atoms with Crippen LogP contribution in [0.2, 0.25) is 0 Å². The average molecular weight is 239 g/mol. The van der Waals surface area contributed by atoms with Gasteiger partial charge in [0.2, 0.25) is 0 Å². The number of aliphatic hydroxyl groups is 1. The Morgan fingerprint density at radius 3 is 2.65 bits per heavy atom. The molecule has 0 aromatic carbocycles. The van der Waals surface area contributed by atoms with Crippen LogP contribution in [-0.2, 0) is 4.74 Å². The molecule has 0 aliphatic rings. The first-order chi connectivity index (χ1) is 8.10. The van der Waals surface area contributed by atoms with Crippen LogP contribution in [0, 0.1) is 11.3 Å². The molecule has 0 spiro atoms. The maximum atomic E-state index is 9.28. The monoisotopic (exact) mass is 239 g/mol. The molecule has 0 unspecified atom stereocenters. The van der Waals surface area contributed by atoms with E-state index in [-0.39, 0.29) is 18.3 Å². The van der Waals surface area contributed by atoms with Crippen molar-refractivity contribution >= 4 is 0 Å². The molecule has 0 heterocycles. The van der Waals surface area contributed by atoms with Gasteiger partial charge in [-0.1, -0.05) is 6.08 Å². The van der Waals surface area contributed by atoms with E-state index in [1.54, 1.807) is 6.92 Å². The number of nitriles is 1. The number of nitrogens with zero attached hydrogens (tertiary/aromatic N) is 1. The van der Waals surface area contributed by atoms with Gasteiger partial charge in [0.1, 0.15) is 0 Å². The first-order valence-electron chi connectivity index (χ1n) is 6.41. The van der Waals surface area contributed by atoms with Crippen LogP contribution in [0.3, 0.4) is 0 Å². The summed E-state index contributed by atoms with van der Waals surface area (Å²) < 4.78 is 5.87. The maximum absolute atomic E-state index is 9.28. The highest BCUT2D eigenvalue weighted by molar-refractivity contribution is 4.76. The summed E-state index contributed by atoms with van der Waals surface area (Å²) in [6.07, 6.45) is 6.77. The van der Waals surface area contributed by atoms with E-state index in [9.17, 15) is 5.11 Å². The van der Waals surface area contributed by atoms with Crippen molar-refractivity contribution in [2.45, 2.75) is 70.7 Å². The molecule has 1 N–H and O–H groups in total. The topological polar surface area (TPSA) is 53.2 Å². The summed E-state index contributed by atoms with van der Waals surface area (Å²) in [6.45, 7) is 7.49. The summed E-state index contributed by atoms with van der Waals surface area (Å²) in [5.41, 5.74) is 0. The first kappa shape index (κ1) is 16.1. The molecule has 0 saturated carbocycles. The highest BCUT2D eigenvalue weighted by Crippen LogP contribution is 2.15. The molecule has 0 radical (unpaired) electrons. The van der Waals surface area contributed by atoms with Crippen molar-refractivity contribution in [2.24, 2.45) is 0 Å². The van der Waals surface area contributed by atoms with E-state index in [0.717, 1.165) is 25.7 Å². The molecule has 3 atom stereocenters. The Labute approximate surface area is 105 Å². The van der Waals surface area contributed by atoms with Gasteiger partial charge < -0.3 is 9.84 Å². The van der Waals surface area contributed by atoms with Gasteiger partial charge >= 0.3 is 0 Å². The molecule has 17 heavy (non-hydrogen) atoms. The standard InChI is InChI=1S/C14H25NO2/c1-4-8-14(9-6-5-7-10-15)17-13(3)11-12(2)16/h4,12-14,16H,1,5-9,11H2,2-3H3/t12-,13-,14+/m1/s1. The third-order valence-electron chi connectivity index (χ3n) is 2.59. The van der Waals surface area contributed by atoms with Crippen LogP contribution in [-0.4, -0.2) is 23.4 Å². The lowest BCUT2D eigenvalue weighted by atomic mass is 10.1. The second kappa shape index (κ2) is 10.3. The predicted molar refractivity (Wildman–Crippen MR) is 69.5 cm³/mol. The summed E-state index contributed by atoms with van der Waals surface area (Å²) in [4.78, 5) is 0. The van der Waals surface area contributed by atoms with Crippen molar-refractivity contribution < 1.29 is 9.84 Å². The zero-order valence-corrected chi connectivity index (χ0v) is 11.1. The number of aliphatic hydroxyl groups excluding tert-OH is 1. The van der Waals surface area contributed by atoms with Crippen LogP contribution in [0.15, 0.2) is 12.7 Å². The fourth-order valence-electron chi connectivity index (χ4n) is 1.87. The Bertz CT molecular complexity index is 233. The molecule has 0 aliphatic carbocycles. The molecular weight excluding hydrogens is 214 g/mol. The highest BCUT2D eigenvalue weighted by atomic mass is 16.5. The van der Waals surface area contributed by atoms with Crippen LogP contribution >= 0.6 is 0 Å². The van der Waals surface area contributed by atoms with E-state index in [1.807, 2.05) is 13.0 Å². The lowest BCUT2D eigenvalue weighted by Gasteiger charge is -2.22. The van der Waals surface area contributed by atoms with Crippen molar-refractivity contribution in [2.75, 3.05) is 0 Å². The van der Waals surface area contributed by atoms with Crippen LogP contribution in [0.5, 0.6) is 0 Å². The summed E-state index contributed by atoms with van der Waals surface area (Å²) in [6, 6.07) is 2.15. The van der Waals surface area contributed by atoms with Gasteiger partial charge in [-0.15, -0.1) is 6.58 Å². The number of hydrogen-bond acceptors (Lipinski definition) is 3. The molecule has 0 aromatic heterocycles. The van der Waals surface area contributed by atoms with Gasteiger partial charge in [-0.2, -0.15) is 5.26 Å². The molecule has 0 amide bonds. The van der Waals surface area contributed by atoms with Crippen LogP contribution in [0.25, 0.3) is 0 Å². The third-order valence-corrected chi connectivity index (χ3v) is 2.59. The van der Waals surface area contributed by atoms with Gasteiger partial charge in [0.25, 0.3) is 0 Å². The van der Waals surface area contributed by atoms with E-state index in [1.165, 1.54) is 0 Å². The summed E-state index contributed by atoms with van der Waals surface area (Å²) in [5.74, 6) is 0. The molecule has 98 valence electrons. The predicted octanol–water partition coefficient (Wildman–Crippen LogP) is 3.19. The van der Waals surface area contributed by atoms with Crippen LogP contribution < -0.4 is 0 Å². The normalized spacial score (nSPS) is 15.9. The number of unbranched alkanes of at least 4 members (excludes halogenated alkanes) is 2. The lowest BCUT2D eigenvalue weighted by Crippen LogP contribution is -2.22. The Kier molecular flexibility index (Phi) is 9.80. The molecule has 0 saturated heterocycles. The molecular formula is C14H25NO2. The van der Waals surface area contributed by atoms with Gasteiger partial charge in [0.15, 0.2) is 0 Å². The average Bonchev–Trinajstić information content (AvgIpc) is 2.23. The van der Waals surface area contributed by atoms with Crippen molar-refractivity contribution in [1.82, 2.24) is 0 Å². The van der Waals surface area contributed by atoms with Gasteiger partial charge in [-0.05, 0) is 46.0 Å². The van der Waals surface area contributed by atoms with Gasteiger partial charge in [0, 0.05) is 6.42 Å². The van der Waals surface area contributed by atoms with E-state index in [0.29, 0.717) is 12.8 Å². The highest BCUT2D eigenvalue weighted by Gasteiger charge is 2.13. The SMILES string of the molecule is C=CC[C@@H](CCCCC#N)O[C@H](C)C[C@@H](C)O. The fourth-order valence-corrected chi connectivity index (χ4v) is 1.87. The molecule has 0 aliphatic heterocycles. The Balaban J connectivity index is 3.88. The minimum Gasteiger partial charge on any atom is -0.393 e. The zero-order valence-electron chi connectivity index (χ0n) is 11.1. The minimum absolute atomic E-state index is 0.0657. The Morgan fingerprint density at radius 1 is 1.41 bits per heavy atom. The third kappa shape index (κ3) is 10.0. The quantitative estimate of drug-likeness (QED) is 0.470. The molecule has 3 nitrogen and oxygen atoms in total. The minimum atomic E-state index is -0.326. The smallest absolute Gasteiger partial charge is 0.0621 e. The second-order valence-corrected chi connectivity index (χ2v) is 4.58. The first-order valence-corrected chi connectivity index (χ1v) is 6.41. The van der Waals surface area contributed by atoms with E-state index < -0.39 is 0 Å². The Hall–Kier alpha value is -0.850. The van der Waals surface area contributed by atoms with Crippen LogP contribution in [0.1, 0.15) is 52.4 Å². The van der Waals surface area contributed by atoms with Crippen molar-refractivity contribution in [3.8, 4) is 6.07 Å². The molecule has 0 fully saturated rings. The van der Waals surface area contributed by atoms with E-state index >= 15 is 0 Å². The number of rotatable bonds is 10.